The van der Waals surface area contributed by atoms with Crippen molar-refractivity contribution in [2.75, 3.05) is 0 Å². The Hall–Kier alpha value is -0.830. The highest BCUT2D eigenvalue weighted by Gasteiger charge is 2.41. The van der Waals surface area contributed by atoms with E-state index in [2.05, 4.69) is 12.1 Å². The molecule has 1 saturated heterocycles. The van der Waals surface area contributed by atoms with Gasteiger partial charge in [-0.05, 0) is 11.6 Å². The predicted octanol–water partition coefficient (Wildman–Crippen LogP) is 2.87. The Bertz CT molecular complexity index is 402. The van der Waals surface area contributed by atoms with Crippen molar-refractivity contribution < 1.29 is 9.47 Å². The van der Waals surface area contributed by atoms with Crippen LogP contribution in [0.2, 0.25) is 0 Å². The van der Waals surface area contributed by atoms with Crippen LogP contribution in [0.1, 0.15) is 12.0 Å². The topological polar surface area (TPSA) is 18.5 Å². The van der Waals surface area contributed by atoms with Gasteiger partial charge in [-0.2, -0.15) is 0 Å². The number of rotatable bonds is 3. The van der Waals surface area contributed by atoms with Gasteiger partial charge < -0.3 is 9.47 Å². The highest BCUT2D eigenvalue weighted by molar-refractivity contribution is 6.30. The molecular weight excluding hydrogens is 224 g/mol. The Labute approximate surface area is 99.8 Å². The maximum atomic E-state index is 5.97. The van der Waals surface area contributed by atoms with Crippen molar-refractivity contribution >= 4 is 11.6 Å². The third-order valence-corrected chi connectivity index (χ3v) is 3.44. The van der Waals surface area contributed by atoms with Gasteiger partial charge >= 0.3 is 0 Å². The van der Waals surface area contributed by atoms with Crippen LogP contribution < -0.4 is 0 Å². The highest BCUT2D eigenvalue weighted by atomic mass is 35.5. The van der Waals surface area contributed by atoms with E-state index in [-0.39, 0.29) is 18.3 Å². The lowest BCUT2D eigenvalue weighted by molar-refractivity contribution is 0.00366. The summed E-state index contributed by atoms with van der Waals surface area (Å²) in [6.45, 7) is 0.642. The molecule has 84 valence electrons. The van der Waals surface area contributed by atoms with Crippen LogP contribution in [0.5, 0.6) is 0 Å². The first-order valence-corrected chi connectivity index (χ1v) is 5.89. The van der Waals surface area contributed by atoms with E-state index in [1.807, 2.05) is 24.3 Å². The summed E-state index contributed by atoms with van der Waals surface area (Å²) in [4.78, 5) is 0. The summed E-state index contributed by atoms with van der Waals surface area (Å²) in [6.07, 6.45) is 3.14. The van der Waals surface area contributed by atoms with Gasteiger partial charge in [-0.15, -0.1) is 0 Å². The Kier molecular flexibility index (Phi) is 2.72. The Morgan fingerprint density at radius 3 is 2.75 bits per heavy atom. The molecule has 0 spiro atoms. The molecule has 0 N–H and O–H groups in total. The van der Waals surface area contributed by atoms with E-state index in [1.165, 1.54) is 5.56 Å². The number of benzene rings is 1. The molecular formula is C13H13ClO2. The van der Waals surface area contributed by atoms with E-state index in [4.69, 9.17) is 21.1 Å². The molecule has 16 heavy (non-hydrogen) atoms. The van der Waals surface area contributed by atoms with Crippen molar-refractivity contribution in [2.24, 2.45) is 0 Å². The Balaban J connectivity index is 1.58. The summed E-state index contributed by atoms with van der Waals surface area (Å²) in [5.41, 5.74) is 1.19. The molecule has 1 aromatic carbocycles. The molecule has 3 rings (SSSR count). The molecule has 1 aromatic rings. The van der Waals surface area contributed by atoms with Gasteiger partial charge in [0.15, 0.2) is 0 Å². The standard InChI is InChI=1S/C13H13ClO2/c14-10-6-13-12(7-11(10)16-13)15-8-9-4-2-1-3-5-9/h1-6,11-13H,7-8H2/t11-,12+,13-/m1/s1. The summed E-state index contributed by atoms with van der Waals surface area (Å²) in [5.74, 6) is 0. The lowest BCUT2D eigenvalue weighted by atomic mass is 10.0. The predicted molar refractivity (Wildman–Crippen MR) is 62.2 cm³/mol. The van der Waals surface area contributed by atoms with Gasteiger partial charge in [0, 0.05) is 11.5 Å². The molecule has 2 nitrogen and oxygen atoms in total. The van der Waals surface area contributed by atoms with Crippen LogP contribution in [0, 0.1) is 0 Å². The highest BCUT2D eigenvalue weighted by Crippen LogP contribution is 2.37. The van der Waals surface area contributed by atoms with Gasteiger partial charge in [0.2, 0.25) is 0 Å². The molecule has 0 unspecified atom stereocenters. The van der Waals surface area contributed by atoms with E-state index in [9.17, 15) is 0 Å². The molecule has 2 heterocycles. The zero-order valence-corrected chi connectivity index (χ0v) is 9.56. The second-order valence-electron chi connectivity index (χ2n) is 4.21. The van der Waals surface area contributed by atoms with Crippen LogP contribution in [0.3, 0.4) is 0 Å². The van der Waals surface area contributed by atoms with Gasteiger partial charge in [0.1, 0.15) is 6.10 Å². The van der Waals surface area contributed by atoms with Gasteiger partial charge in [-0.1, -0.05) is 41.9 Å². The normalized spacial score (nSPS) is 31.8. The van der Waals surface area contributed by atoms with Gasteiger partial charge in [-0.3, -0.25) is 0 Å². The molecule has 2 aliphatic rings. The van der Waals surface area contributed by atoms with Crippen molar-refractivity contribution in [3.8, 4) is 0 Å². The Morgan fingerprint density at radius 2 is 2.12 bits per heavy atom. The maximum Gasteiger partial charge on any atom is 0.104 e. The number of hydrogen-bond acceptors (Lipinski definition) is 2. The van der Waals surface area contributed by atoms with Crippen LogP contribution in [-0.2, 0) is 16.1 Å². The average molecular weight is 237 g/mol. The van der Waals surface area contributed by atoms with Crippen LogP contribution in [0.15, 0.2) is 41.4 Å². The van der Waals surface area contributed by atoms with E-state index in [1.54, 1.807) is 0 Å². The fourth-order valence-corrected chi connectivity index (χ4v) is 2.47. The first kappa shape index (κ1) is 10.3. The lowest BCUT2D eigenvalue weighted by Gasteiger charge is -2.17. The average Bonchev–Trinajstić information content (AvgIpc) is 2.86. The molecule has 0 saturated carbocycles. The zero-order chi connectivity index (χ0) is 11.0. The van der Waals surface area contributed by atoms with Crippen LogP contribution in [0.25, 0.3) is 0 Å². The fraction of sp³-hybridized carbons (Fsp3) is 0.385. The SMILES string of the molecule is ClC1=C[C@H]2O[C@@H]1C[C@@H]2OCc1ccccc1. The third-order valence-electron chi connectivity index (χ3n) is 3.07. The molecule has 0 aliphatic carbocycles. The van der Waals surface area contributed by atoms with Gasteiger partial charge in [-0.25, -0.2) is 0 Å². The van der Waals surface area contributed by atoms with Crippen LogP contribution in [-0.4, -0.2) is 18.3 Å². The summed E-state index contributed by atoms with van der Waals surface area (Å²) in [5, 5.41) is 0.838. The third kappa shape index (κ3) is 1.88. The molecule has 0 amide bonds. The second-order valence-corrected chi connectivity index (χ2v) is 4.65. The van der Waals surface area contributed by atoms with Crippen molar-refractivity contribution in [3.05, 3.63) is 47.0 Å². The van der Waals surface area contributed by atoms with E-state index < -0.39 is 0 Å². The molecule has 0 radical (unpaired) electrons. The number of halogens is 1. The number of fused-ring (bicyclic) bond motifs is 2. The van der Waals surface area contributed by atoms with Crippen LogP contribution in [0.4, 0.5) is 0 Å². The quantitative estimate of drug-likeness (QED) is 0.804. The van der Waals surface area contributed by atoms with Crippen LogP contribution >= 0.6 is 11.6 Å². The Morgan fingerprint density at radius 1 is 1.31 bits per heavy atom. The maximum absolute atomic E-state index is 5.97. The summed E-state index contributed by atoms with van der Waals surface area (Å²) in [7, 11) is 0. The first-order chi connectivity index (χ1) is 7.83. The minimum absolute atomic E-state index is 0.0567. The summed E-state index contributed by atoms with van der Waals surface area (Å²) in [6, 6.07) is 10.2. The van der Waals surface area contributed by atoms with Crippen molar-refractivity contribution in [3.63, 3.8) is 0 Å². The van der Waals surface area contributed by atoms with Crippen molar-refractivity contribution in [1.29, 1.82) is 0 Å². The molecule has 3 heteroatoms. The van der Waals surface area contributed by atoms with Crippen molar-refractivity contribution in [2.45, 2.75) is 31.3 Å². The second kappa shape index (κ2) is 4.21. The largest absolute Gasteiger partial charge is 0.370 e. The molecule has 2 aliphatic heterocycles. The van der Waals surface area contributed by atoms with E-state index in [0.717, 1.165) is 11.5 Å². The summed E-state index contributed by atoms with van der Waals surface area (Å²) >= 11 is 5.97. The monoisotopic (exact) mass is 236 g/mol. The van der Waals surface area contributed by atoms with Gasteiger partial charge in [0.25, 0.3) is 0 Å². The summed E-state index contributed by atoms with van der Waals surface area (Å²) < 4.78 is 11.5. The number of hydrogen-bond donors (Lipinski definition) is 0. The molecule has 2 bridgehead atoms. The zero-order valence-electron chi connectivity index (χ0n) is 8.80. The minimum atomic E-state index is 0.0567. The smallest absolute Gasteiger partial charge is 0.104 e. The van der Waals surface area contributed by atoms with Crippen molar-refractivity contribution in [1.82, 2.24) is 0 Å². The lowest BCUT2D eigenvalue weighted by Crippen LogP contribution is -2.23. The fourth-order valence-electron chi connectivity index (χ4n) is 2.21. The van der Waals surface area contributed by atoms with E-state index in [0.29, 0.717) is 6.61 Å². The molecule has 3 atom stereocenters. The van der Waals surface area contributed by atoms with E-state index >= 15 is 0 Å². The molecule has 0 aromatic heterocycles. The minimum Gasteiger partial charge on any atom is -0.370 e. The number of ether oxygens (including phenoxy) is 2. The molecule has 1 fully saturated rings. The first-order valence-electron chi connectivity index (χ1n) is 5.51. The van der Waals surface area contributed by atoms with Gasteiger partial charge in [0.05, 0.1) is 18.8 Å².